The number of benzene rings is 2. The van der Waals surface area contributed by atoms with E-state index in [4.69, 9.17) is 4.74 Å². The van der Waals surface area contributed by atoms with Crippen molar-refractivity contribution in [1.29, 1.82) is 0 Å². The van der Waals surface area contributed by atoms with Crippen molar-refractivity contribution in [3.8, 4) is 5.75 Å². The van der Waals surface area contributed by atoms with Crippen LogP contribution in [0.15, 0.2) is 54.6 Å². The highest BCUT2D eigenvalue weighted by Gasteiger charge is 2.02. The average Bonchev–Trinajstić information content (AvgIpc) is 2.65. The first-order valence-corrected chi connectivity index (χ1v) is 8.50. The summed E-state index contributed by atoms with van der Waals surface area (Å²) >= 11 is 0. The SMILES string of the molecule is CCCc1ccc(OCCNC(=O)/C=C/c2ccc([N+](=O)[O-])cc2)cc1. The highest BCUT2D eigenvalue weighted by molar-refractivity contribution is 5.91. The molecule has 0 unspecified atom stereocenters. The third kappa shape index (κ3) is 6.39. The van der Waals surface area contributed by atoms with Gasteiger partial charge in [0.05, 0.1) is 11.5 Å². The first-order chi connectivity index (χ1) is 12.6. The van der Waals surface area contributed by atoms with Crippen LogP contribution in [-0.2, 0) is 11.2 Å². The molecule has 0 bridgehead atoms. The van der Waals surface area contributed by atoms with Gasteiger partial charge in [0.15, 0.2) is 0 Å². The Morgan fingerprint density at radius 1 is 1.15 bits per heavy atom. The van der Waals surface area contributed by atoms with Gasteiger partial charge in [0, 0.05) is 18.2 Å². The Kier molecular flexibility index (Phi) is 7.36. The zero-order chi connectivity index (χ0) is 18.8. The largest absolute Gasteiger partial charge is 0.492 e. The van der Waals surface area contributed by atoms with Crippen molar-refractivity contribution in [2.24, 2.45) is 0 Å². The molecule has 0 saturated carbocycles. The third-order valence-electron chi connectivity index (χ3n) is 3.66. The number of nitro benzene ring substituents is 1. The van der Waals surface area contributed by atoms with Crippen LogP contribution in [0.5, 0.6) is 5.75 Å². The Labute approximate surface area is 152 Å². The molecule has 1 amide bonds. The van der Waals surface area contributed by atoms with Gasteiger partial charge in [0.1, 0.15) is 12.4 Å². The molecule has 0 saturated heterocycles. The van der Waals surface area contributed by atoms with Crippen LogP contribution in [-0.4, -0.2) is 24.0 Å². The lowest BCUT2D eigenvalue weighted by atomic mass is 10.1. The molecule has 1 N–H and O–H groups in total. The molecule has 6 heteroatoms. The van der Waals surface area contributed by atoms with Gasteiger partial charge in [0.25, 0.3) is 5.69 Å². The molecule has 2 rings (SSSR count). The van der Waals surface area contributed by atoms with E-state index >= 15 is 0 Å². The number of nitro groups is 1. The van der Waals surface area contributed by atoms with E-state index < -0.39 is 4.92 Å². The number of nitrogens with one attached hydrogen (secondary N) is 1. The van der Waals surface area contributed by atoms with E-state index in [-0.39, 0.29) is 11.6 Å². The molecule has 0 aliphatic rings. The lowest BCUT2D eigenvalue weighted by Gasteiger charge is -2.07. The van der Waals surface area contributed by atoms with Crippen LogP contribution in [0.25, 0.3) is 6.08 Å². The highest BCUT2D eigenvalue weighted by Crippen LogP contribution is 2.13. The molecular formula is C20H22N2O4. The number of amides is 1. The number of nitrogens with zero attached hydrogens (tertiary/aromatic N) is 1. The van der Waals surface area contributed by atoms with Crippen molar-refractivity contribution < 1.29 is 14.5 Å². The van der Waals surface area contributed by atoms with Gasteiger partial charge >= 0.3 is 0 Å². The maximum Gasteiger partial charge on any atom is 0.269 e. The summed E-state index contributed by atoms with van der Waals surface area (Å²) in [5.41, 5.74) is 2.02. The van der Waals surface area contributed by atoms with E-state index in [2.05, 4.69) is 12.2 Å². The predicted octanol–water partition coefficient (Wildman–Crippen LogP) is 3.76. The van der Waals surface area contributed by atoms with Gasteiger partial charge in [-0.15, -0.1) is 0 Å². The van der Waals surface area contributed by atoms with Crippen molar-refractivity contribution in [3.63, 3.8) is 0 Å². The molecule has 0 aliphatic carbocycles. The summed E-state index contributed by atoms with van der Waals surface area (Å²) in [5.74, 6) is 0.533. The van der Waals surface area contributed by atoms with Gasteiger partial charge in [0.2, 0.25) is 5.91 Å². The second-order valence-electron chi connectivity index (χ2n) is 5.72. The van der Waals surface area contributed by atoms with Gasteiger partial charge in [-0.3, -0.25) is 14.9 Å². The molecule has 0 fully saturated rings. The number of carbonyl (C=O) groups is 1. The molecule has 0 spiro atoms. The molecule has 0 aliphatic heterocycles. The number of ether oxygens (including phenoxy) is 1. The zero-order valence-corrected chi connectivity index (χ0v) is 14.7. The summed E-state index contributed by atoms with van der Waals surface area (Å²) in [5, 5.41) is 13.3. The van der Waals surface area contributed by atoms with Crippen molar-refractivity contribution in [2.45, 2.75) is 19.8 Å². The van der Waals surface area contributed by atoms with Crippen LogP contribution in [0, 0.1) is 10.1 Å². The van der Waals surface area contributed by atoms with Crippen LogP contribution in [0.4, 0.5) is 5.69 Å². The summed E-state index contributed by atoms with van der Waals surface area (Å²) in [6.45, 7) is 2.91. The lowest BCUT2D eigenvalue weighted by molar-refractivity contribution is -0.384. The fraction of sp³-hybridized carbons (Fsp3) is 0.250. The van der Waals surface area contributed by atoms with E-state index in [0.29, 0.717) is 18.7 Å². The highest BCUT2D eigenvalue weighted by atomic mass is 16.6. The summed E-state index contributed by atoms with van der Waals surface area (Å²) in [6.07, 6.45) is 5.16. The third-order valence-corrected chi connectivity index (χ3v) is 3.66. The van der Waals surface area contributed by atoms with Crippen LogP contribution >= 0.6 is 0 Å². The van der Waals surface area contributed by atoms with E-state index in [9.17, 15) is 14.9 Å². The average molecular weight is 354 g/mol. The quantitative estimate of drug-likeness (QED) is 0.322. The van der Waals surface area contributed by atoms with Gasteiger partial charge in [-0.2, -0.15) is 0 Å². The molecule has 136 valence electrons. The summed E-state index contributed by atoms with van der Waals surface area (Å²) in [6, 6.07) is 13.9. The van der Waals surface area contributed by atoms with E-state index in [1.165, 1.54) is 23.8 Å². The molecule has 26 heavy (non-hydrogen) atoms. The molecule has 0 heterocycles. The first kappa shape index (κ1) is 19.2. The summed E-state index contributed by atoms with van der Waals surface area (Å²) in [4.78, 5) is 21.9. The molecule has 0 atom stereocenters. The van der Waals surface area contributed by atoms with Gasteiger partial charge in [-0.1, -0.05) is 25.5 Å². The van der Waals surface area contributed by atoms with Crippen molar-refractivity contribution in [1.82, 2.24) is 5.32 Å². The zero-order valence-electron chi connectivity index (χ0n) is 14.7. The van der Waals surface area contributed by atoms with Gasteiger partial charge in [-0.05, 0) is 47.9 Å². The Bertz CT molecular complexity index is 752. The van der Waals surface area contributed by atoms with Crippen LogP contribution in [0.1, 0.15) is 24.5 Å². The van der Waals surface area contributed by atoms with E-state index in [0.717, 1.165) is 18.6 Å². The van der Waals surface area contributed by atoms with Gasteiger partial charge in [-0.25, -0.2) is 0 Å². The van der Waals surface area contributed by atoms with Crippen LogP contribution < -0.4 is 10.1 Å². The van der Waals surface area contributed by atoms with Crippen molar-refractivity contribution >= 4 is 17.7 Å². The minimum absolute atomic E-state index is 0.0199. The second-order valence-corrected chi connectivity index (χ2v) is 5.72. The molecule has 2 aromatic carbocycles. The molecular weight excluding hydrogens is 332 g/mol. The van der Waals surface area contributed by atoms with Gasteiger partial charge < -0.3 is 10.1 Å². The molecule has 2 aromatic rings. The molecule has 6 nitrogen and oxygen atoms in total. The normalized spacial score (nSPS) is 10.7. The van der Waals surface area contributed by atoms with E-state index in [1.54, 1.807) is 18.2 Å². The minimum atomic E-state index is -0.461. The number of rotatable bonds is 9. The monoisotopic (exact) mass is 354 g/mol. The van der Waals surface area contributed by atoms with Crippen LogP contribution in [0.3, 0.4) is 0 Å². The fourth-order valence-electron chi connectivity index (χ4n) is 2.32. The maximum absolute atomic E-state index is 11.8. The topological polar surface area (TPSA) is 81.5 Å². The first-order valence-electron chi connectivity index (χ1n) is 8.50. The lowest BCUT2D eigenvalue weighted by Crippen LogP contribution is -2.26. The van der Waals surface area contributed by atoms with E-state index in [1.807, 2.05) is 24.3 Å². The number of carbonyl (C=O) groups excluding carboxylic acids is 1. The minimum Gasteiger partial charge on any atom is -0.492 e. The summed E-state index contributed by atoms with van der Waals surface area (Å²) < 4.78 is 5.59. The Hall–Kier alpha value is -3.15. The standard InChI is InChI=1S/C20H22N2O4/c1-2-3-16-6-11-19(12-7-16)26-15-14-21-20(23)13-8-17-4-9-18(10-5-17)22(24)25/h4-13H,2-3,14-15H2,1H3,(H,21,23)/b13-8+. The number of hydrogen-bond donors (Lipinski definition) is 1. The summed E-state index contributed by atoms with van der Waals surface area (Å²) in [7, 11) is 0. The Balaban J connectivity index is 1.70. The predicted molar refractivity (Wildman–Crippen MR) is 101 cm³/mol. The number of non-ortho nitro benzene ring substituents is 1. The number of hydrogen-bond acceptors (Lipinski definition) is 4. The second kappa shape index (κ2) is 9.98. The Morgan fingerprint density at radius 2 is 1.85 bits per heavy atom. The smallest absolute Gasteiger partial charge is 0.269 e. The van der Waals surface area contributed by atoms with Crippen molar-refractivity contribution in [3.05, 3.63) is 75.8 Å². The maximum atomic E-state index is 11.8. The van der Waals surface area contributed by atoms with Crippen LogP contribution in [0.2, 0.25) is 0 Å². The molecule has 0 aromatic heterocycles. The number of aryl methyl sites for hydroxylation is 1. The fourth-order valence-corrected chi connectivity index (χ4v) is 2.32. The molecule has 0 radical (unpaired) electrons. The Morgan fingerprint density at radius 3 is 2.46 bits per heavy atom. The van der Waals surface area contributed by atoms with Crippen molar-refractivity contribution in [2.75, 3.05) is 13.2 Å².